The summed E-state index contributed by atoms with van der Waals surface area (Å²) in [5.41, 5.74) is 0.865. The SMILES string of the molecule is CN=C(NCc1cc(F)cc(Br)c1)N1CCN(c2ncccn2)CC1. The molecule has 6 nitrogen and oxygen atoms in total. The molecule has 1 aromatic heterocycles. The zero-order valence-electron chi connectivity index (χ0n) is 14.0. The predicted octanol–water partition coefficient (Wildman–Crippen LogP) is 2.28. The van der Waals surface area contributed by atoms with Crippen LogP contribution in [0.4, 0.5) is 10.3 Å². The minimum absolute atomic E-state index is 0.252. The van der Waals surface area contributed by atoms with Crippen molar-refractivity contribution in [3.8, 4) is 0 Å². The third-order valence-electron chi connectivity index (χ3n) is 4.00. The Morgan fingerprint density at radius 2 is 1.92 bits per heavy atom. The molecule has 25 heavy (non-hydrogen) atoms. The van der Waals surface area contributed by atoms with Crippen LogP contribution in [0.5, 0.6) is 0 Å². The first-order valence-electron chi connectivity index (χ1n) is 8.08. The largest absolute Gasteiger partial charge is 0.352 e. The Kier molecular flexibility index (Phi) is 5.80. The van der Waals surface area contributed by atoms with Crippen LogP contribution in [-0.4, -0.2) is 54.1 Å². The molecule has 0 aliphatic carbocycles. The van der Waals surface area contributed by atoms with Gasteiger partial charge < -0.3 is 15.1 Å². The molecule has 1 fully saturated rings. The van der Waals surface area contributed by atoms with Crippen molar-refractivity contribution >= 4 is 27.8 Å². The van der Waals surface area contributed by atoms with Crippen LogP contribution in [0.3, 0.4) is 0 Å². The van der Waals surface area contributed by atoms with E-state index >= 15 is 0 Å². The lowest BCUT2D eigenvalue weighted by atomic mass is 10.2. The number of benzene rings is 1. The maximum atomic E-state index is 13.5. The van der Waals surface area contributed by atoms with E-state index in [1.54, 1.807) is 19.4 Å². The molecule has 2 heterocycles. The van der Waals surface area contributed by atoms with Gasteiger partial charge in [0.05, 0.1) is 0 Å². The summed E-state index contributed by atoms with van der Waals surface area (Å²) >= 11 is 3.32. The summed E-state index contributed by atoms with van der Waals surface area (Å²) in [5.74, 6) is 1.32. The molecule has 0 atom stereocenters. The molecule has 3 rings (SSSR count). The average Bonchev–Trinajstić information content (AvgIpc) is 2.63. The highest BCUT2D eigenvalue weighted by atomic mass is 79.9. The number of guanidine groups is 1. The topological polar surface area (TPSA) is 56.7 Å². The summed E-state index contributed by atoms with van der Waals surface area (Å²) in [6, 6.07) is 6.68. The normalized spacial score (nSPS) is 15.4. The highest BCUT2D eigenvalue weighted by Crippen LogP contribution is 2.15. The highest BCUT2D eigenvalue weighted by Gasteiger charge is 2.21. The Morgan fingerprint density at radius 3 is 2.56 bits per heavy atom. The summed E-state index contributed by atoms with van der Waals surface area (Å²) in [7, 11) is 1.76. The fraction of sp³-hybridized carbons (Fsp3) is 0.353. The van der Waals surface area contributed by atoms with E-state index in [1.165, 1.54) is 12.1 Å². The quantitative estimate of drug-likeness (QED) is 0.625. The number of piperazine rings is 1. The van der Waals surface area contributed by atoms with E-state index in [2.05, 4.69) is 46.0 Å². The van der Waals surface area contributed by atoms with Crippen LogP contribution >= 0.6 is 15.9 Å². The number of anilines is 1. The molecule has 0 saturated carbocycles. The van der Waals surface area contributed by atoms with E-state index in [1.807, 2.05) is 12.1 Å². The number of aromatic nitrogens is 2. The van der Waals surface area contributed by atoms with E-state index in [9.17, 15) is 4.39 Å². The second-order valence-corrected chi connectivity index (χ2v) is 6.62. The molecule has 0 radical (unpaired) electrons. The van der Waals surface area contributed by atoms with Gasteiger partial charge in [-0.2, -0.15) is 0 Å². The number of aliphatic imine (C=N–C) groups is 1. The first kappa shape index (κ1) is 17.6. The van der Waals surface area contributed by atoms with Gasteiger partial charge in [0.1, 0.15) is 5.82 Å². The van der Waals surface area contributed by atoms with Crippen LogP contribution in [0.2, 0.25) is 0 Å². The summed E-state index contributed by atoms with van der Waals surface area (Å²) in [4.78, 5) is 17.3. The molecule has 2 aromatic rings. The number of hydrogen-bond donors (Lipinski definition) is 1. The number of halogens is 2. The Bertz CT molecular complexity index is 711. The summed E-state index contributed by atoms with van der Waals surface area (Å²) in [5, 5.41) is 3.30. The van der Waals surface area contributed by atoms with E-state index in [0.29, 0.717) is 6.54 Å². The van der Waals surface area contributed by atoms with Crippen LogP contribution < -0.4 is 10.2 Å². The Balaban J connectivity index is 1.56. The lowest BCUT2D eigenvalue weighted by molar-refractivity contribution is 0.370. The fourth-order valence-electron chi connectivity index (χ4n) is 2.80. The first-order chi connectivity index (χ1) is 12.2. The number of nitrogens with zero attached hydrogens (tertiary/aromatic N) is 5. The van der Waals surface area contributed by atoms with Gasteiger partial charge in [0.15, 0.2) is 5.96 Å². The number of nitrogens with one attached hydrogen (secondary N) is 1. The highest BCUT2D eigenvalue weighted by molar-refractivity contribution is 9.10. The van der Waals surface area contributed by atoms with Crippen molar-refractivity contribution in [1.29, 1.82) is 0 Å². The van der Waals surface area contributed by atoms with E-state index in [-0.39, 0.29) is 5.82 Å². The molecule has 1 N–H and O–H groups in total. The maximum absolute atomic E-state index is 13.5. The maximum Gasteiger partial charge on any atom is 0.225 e. The van der Waals surface area contributed by atoms with Crippen molar-refractivity contribution in [3.63, 3.8) is 0 Å². The summed E-state index contributed by atoms with van der Waals surface area (Å²) < 4.78 is 14.2. The van der Waals surface area contributed by atoms with Gasteiger partial charge in [-0.25, -0.2) is 14.4 Å². The molecule has 1 saturated heterocycles. The molecule has 0 bridgehead atoms. The van der Waals surface area contributed by atoms with Crippen LogP contribution in [0, 0.1) is 5.82 Å². The standard InChI is InChI=1S/C17H20BrFN6/c1-20-16(23-12-13-9-14(18)11-15(19)10-13)24-5-7-25(8-6-24)17-21-3-2-4-22-17/h2-4,9-11H,5-8,12H2,1H3,(H,20,23). The van der Waals surface area contributed by atoms with Crippen molar-refractivity contribution in [3.05, 3.63) is 52.5 Å². The van der Waals surface area contributed by atoms with Gasteiger partial charge in [-0.05, 0) is 29.8 Å². The van der Waals surface area contributed by atoms with Crippen molar-refractivity contribution in [2.75, 3.05) is 38.1 Å². The molecular formula is C17H20BrFN6. The van der Waals surface area contributed by atoms with Crippen molar-refractivity contribution in [2.24, 2.45) is 4.99 Å². The molecule has 1 aromatic carbocycles. The third-order valence-corrected chi connectivity index (χ3v) is 4.46. The number of rotatable bonds is 3. The Morgan fingerprint density at radius 1 is 1.20 bits per heavy atom. The zero-order valence-corrected chi connectivity index (χ0v) is 15.6. The minimum atomic E-state index is -0.252. The predicted molar refractivity (Wildman–Crippen MR) is 100 cm³/mol. The van der Waals surface area contributed by atoms with Gasteiger partial charge in [-0.1, -0.05) is 15.9 Å². The second-order valence-electron chi connectivity index (χ2n) is 5.70. The van der Waals surface area contributed by atoms with Gasteiger partial charge in [0.25, 0.3) is 0 Å². The monoisotopic (exact) mass is 406 g/mol. The van der Waals surface area contributed by atoms with Crippen molar-refractivity contribution in [1.82, 2.24) is 20.2 Å². The van der Waals surface area contributed by atoms with Crippen LogP contribution in [-0.2, 0) is 6.54 Å². The van der Waals surface area contributed by atoms with Crippen molar-refractivity contribution < 1.29 is 4.39 Å². The van der Waals surface area contributed by atoms with Crippen LogP contribution in [0.1, 0.15) is 5.56 Å². The molecule has 8 heteroatoms. The molecular weight excluding hydrogens is 387 g/mol. The average molecular weight is 407 g/mol. The van der Waals surface area contributed by atoms with E-state index in [4.69, 9.17) is 0 Å². The zero-order chi connectivity index (χ0) is 17.6. The van der Waals surface area contributed by atoms with E-state index < -0.39 is 0 Å². The second kappa shape index (κ2) is 8.24. The van der Waals surface area contributed by atoms with E-state index in [0.717, 1.165) is 48.1 Å². The van der Waals surface area contributed by atoms with Gasteiger partial charge in [0.2, 0.25) is 5.95 Å². The molecule has 0 unspecified atom stereocenters. The van der Waals surface area contributed by atoms with Crippen molar-refractivity contribution in [2.45, 2.75) is 6.54 Å². The van der Waals surface area contributed by atoms with Gasteiger partial charge in [0, 0.05) is 56.6 Å². The summed E-state index contributed by atoms with van der Waals surface area (Å²) in [6.45, 7) is 3.83. The Labute approximate surface area is 154 Å². The van der Waals surface area contributed by atoms with Gasteiger partial charge >= 0.3 is 0 Å². The minimum Gasteiger partial charge on any atom is -0.352 e. The fourth-order valence-corrected chi connectivity index (χ4v) is 3.31. The molecule has 1 aliphatic heterocycles. The van der Waals surface area contributed by atoms with Gasteiger partial charge in [-0.15, -0.1) is 0 Å². The number of hydrogen-bond acceptors (Lipinski definition) is 4. The lowest BCUT2D eigenvalue weighted by Crippen LogP contribution is -2.52. The third kappa shape index (κ3) is 4.66. The van der Waals surface area contributed by atoms with Crippen LogP contribution in [0.15, 0.2) is 46.1 Å². The van der Waals surface area contributed by atoms with Gasteiger partial charge in [-0.3, -0.25) is 4.99 Å². The lowest BCUT2D eigenvalue weighted by Gasteiger charge is -2.36. The molecule has 0 amide bonds. The summed E-state index contributed by atoms with van der Waals surface area (Å²) in [6.07, 6.45) is 3.51. The smallest absolute Gasteiger partial charge is 0.225 e. The first-order valence-corrected chi connectivity index (χ1v) is 8.87. The molecule has 1 aliphatic rings. The van der Waals surface area contributed by atoms with Crippen LogP contribution in [0.25, 0.3) is 0 Å². The molecule has 132 valence electrons. The molecule has 0 spiro atoms. The Hall–Kier alpha value is -2.22.